The van der Waals surface area contributed by atoms with E-state index < -0.39 is 0 Å². The molecule has 0 aliphatic heterocycles. The Labute approximate surface area is 148 Å². The van der Waals surface area contributed by atoms with Crippen molar-refractivity contribution in [3.05, 3.63) is 45.9 Å². The first-order valence-electron chi connectivity index (χ1n) is 8.43. The van der Waals surface area contributed by atoms with Gasteiger partial charge in [0.15, 0.2) is 5.96 Å². The minimum atomic E-state index is 0.622. The molecule has 0 bridgehead atoms. The fourth-order valence-electron chi connectivity index (χ4n) is 2.18. The van der Waals surface area contributed by atoms with Gasteiger partial charge in [-0.3, -0.25) is 0 Å². The SMILES string of the molecule is CCNC(=NCc1nc(C)c(C)s1)NCCCNc1ccccc1. The number of nitrogens with zero attached hydrogens (tertiary/aromatic N) is 2. The highest BCUT2D eigenvalue weighted by Crippen LogP contribution is 2.16. The smallest absolute Gasteiger partial charge is 0.191 e. The van der Waals surface area contributed by atoms with Crippen LogP contribution in [-0.2, 0) is 6.54 Å². The highest BCUT2D eigenvalue weighted by molar-refractivity contribution is 7.11. The van der Waals surface area contributed by atoms with Crippen molar-refractivity contribution in [3.8, 4) is 0 Å². The van der Waals surface area contributed by atoms with E-state index in [1.165, 1.54) is 4.88 Å². The van der Waals surface area contributed by atoms with Crippen molar-refractivity contribution in [2.24, 2.45) is 4.99 Å². The van der Waals surface area contributed by atoms with E-state index in [-0.39, 0.29) is 0 Å². The van der Waals surface area contributed by atoms with Crippen LogP contribution < -0.4 is 16.0 Å². The Hall–Kier alpha value is -2.08. The van der Waals surface area contributed by atoms with Crippen molar-refractivity contribution in [2.75, 3.05) is 25.0 Å². The number of benzene rings is 1. The molecule has 0 spiro atoms. The summed E-state index contributed by atoms with van der Waals surface area (Å²) >= 11 is 1.72. The lowest BCUT2D eigenvalue weighted by molar-refractivity contribution is 0.764. The maximum absolute atomic E-state index is 4.62. The predicted molar refractivity (Wildman–Crippen MR) is 104 cm³/mol. The number of para-hydroxylation sites is 1. The second kappa shape index (κ2) is 9.93. The second-order valence-electron chi connectivity index (χ2n) is 5.52. The number of guanidine groups is 1. The lowest BCUT2D eigenvalue weighted by Gasteiger charge is -2.11. The summed E-state index contributed by atoms with van der Waals surface area (Å²) in [6, 6.07) is 10.3. The number of hydrogen-bond acceptors (Lipinski definition) is 4. The summed E-state index contributed by atoms with van der Waals surface area (Å²) in [4.78, 5) is 10.4. The number of aliphatic imine (C=N–C) groups is 1. The van der Waals surface area contributed by atoms with Gasteiger partial charge in [-0.15, -0.1) is 11.3 Å². The molecule has 0 atom stereocenters. The van der Waals surface area contributed by atoms with Gasteiger partial charge in [-0.05, 0) is 39.3 Å². The van der Waals surface area contributed by atoms with E-state index in [1.54, 1.807) is 11.3 Å². The number of nitrogens with one attached hydrogen (secondary N) is 3. The molecule has 3 N–H and O–H groups in total. The van der Waals surface area contributed by atoms with Gasteiger partial charge in [0, 0.05) is 30.2 Å². The summed E-state index contributed by atoms with van der Waals surface area (Å²) in [5.41, 5.74) is 2.27. The topological polar surface area (TPSA) is 61.3 Å². The fraction of sp³-hybridized carbons (Fsp3) is 0.444. The van der Waals surface area contributed by atoms with Crippen LogP contribution in [0.2, 0.25) is 0 Å². The first-order valence-corrected chi connectivity index (χ1v) is 9.24. The van der Waals surface area contributed by atoms with Gasteiger partial charge < -0.3 is 16.0 Å². The molecule has 130 valence electrons. The molecule has 1 aromatic carbocycles. The van der Waals surface area contributed by atoms with Crippen molar-refractivity contribution < 1.29 is 0 Å². The van der Waals surface area contributed by atoms with Gasteiger partial charge in [0.2, 0.25) is 0 Å². The number of aryl methyl sites for hydroxylation is 2. The second-order valence-corrected chi connectivity index (χ2v) is 6.81. The van der Waals surface area contributed by atoms with Crippen LogP contribution in [-0.4, -0.2) is 30.6 Å². The van der Waals surface area contributed by atoms with Gasteiger partial charge >= 0.3 is 0 Å². The molecule has 1 aromatic heterocycles. The summed E-state index contributed by atoms with van der Waals surface area (Å²) in [5, 5.41) is 11.1. The summed E-state index contributed by atoms with van der Waals surface area (Å²) in [5.74, 6) is 0.850. The molecule has 0 fully saturated rings. The van der Waals surface area contributed by atoms with E-state index in [0.29, 0.717) is 6.54 Å². The first kappa shape index (κ1) is 18.3. The van der Waals surface area contributed by atoms with Crippen LogP contribution >= 0.6 is 11.3 Å². The lowest BCUT2D eigenvalue weighted by atomic mass is 10.3. The van der Waals surface area contributed by atoms with Gasteiger partial charge in [-0.2, -0.15) is 0 Å². The molecular formula is C18H27N5S. The van der Waals surface area contributed by atoms with E-state index in [2.05, 4.69) is 51.9 Å². The van der Waals surface area contributed by atoms with E-state index in [9.17, 15) is 0 Å². The number of hydrogen-bond donors (Lipinski definition) is 3. The van der Waals surface area contributed by atoms with Crippen molar-refractivity contribution in [3.63, 3.8) is 0 Å². The van der Waals surface area contributed by atoms with Crippen LogP contribution in [0.5, 0.6) is 0 Å². The van der Waals surface area contributed by atoms with E-state index in [0.717, 1.165) is 48.4 Å². The first-order chi connectivity index (χ1) is 11.7. The maximum Gasteiger partial charge on any atom is 0.191 e. The average molecular weight is 346 g/mol. The van der Waals surface area contributed by atoms with Crippen LogP contribution in [0.1, 0.15) is 28.9 Å². The third-order valence-corrected chi connectivity index (χ3v) is 4.60. The highest BCUT2D eigenvalue weighted by Gasteiger charge is 2.03. The molecule has 0 amide bonds. The molecule has 0 saturated carbocycles. The molecule has 0 aliphatic carbocycles. The van der Waals surface area contributed by atoms with Gasteiger partial charge in [0.05, 0.1) is 12.2 Å². The molecular weight excluding hydrogens is 318 g/mol. The van der Waals surface area contributed by atoms with Gasteiger partial charge in [0.1, 0.15) is 5.01 Å². The number of thiazole rings is 1. The molecule has 0 saturated heterocycles. The average Bonchev–Trinajstić information content (AvgIpc) is 2.91. The Kier molecular flexibility index (Phi) is 7.55. The Balaban J connectivity index is 1.73. The predicted octanol–water partition coefficient (Wildman–Crippen LogP) is 3.32. The Bertz CT molecular complexity index is 617. The third-order valence-electron chi connectivity index (χ3n) is 3.54. The third kappa shape index (κ3) is 6.20. The van der Waals surface area contributed by atoms with Gasteiger partial charge in [-0.25, -0.2) is 9.98 Å². The minimum Gasteiger partial charge on any atom is -0.385 e. The quantitative estimate of drug-likeness (QED) is 0.390. The Morgan fingerprint density at radius 3 is 2.58 bits per heavy atom. The Morgan fingerprint density at radius 2 is 1.92 bits per heavy atom. The van der Waals surface area contributed by atoms with Crippen LogP contribution in [0, 0.1) is 13.8 Å². The summed E-state index contributed by atoms with van der Waals surface area (Å²) < 4.78 is 0. The molecule has 1 heterocycles. The molecule has 2 aromatic rings. The monoisotopic (exact) mass is 345 g/mol. The number of rotatable bonds is 8. The minimum absolute atomic E-state index is 0.622. The molecule has 2 rings (SSSR count). The van der Waals surface area contributed by atoms with Crippen LogP contribution in [0.25, 0.3) is 0 Å². The molecule has 0 radical (unpaired) electrons. The van der Waals surface area contributed by atoms with Crippen LogP contribution in [0.4, 0.5) is 5.69 Å². The fourth-order valence-corrected chi connectivity index (χ4v) is 3.04. The van der Waals surface area contributed by atoms with Crippen LogP contribution in [0.3, 0.4) is 0 Å². The van der Waals surface area contributed by atoms with Crippen molar-refractivity contribution in [1.82, 2.24) is 15.6 Å². The standard InChI is InChI=1S/C18H27N5S/c1-4-19-18(22-13-17-23-14(2)15(3)24-17)21-12-8-11-20-16-9-6-5-7-10-16/h5-7,9-10,20H,4,8,11-13H2,1-3H3,(H2,19,21,22). The zero-order valence-corrected chi connectivity index (χ0v) is 15.5. The highest BCUT2D eigenvalue weighted by atomic mass is 32.1. The molecule has 6 heteroatoms. The van der Waals surface area contributed by atoms with Crippen molar-refractivity contribution in [2.45, 2.75) is 33.7 Å². The molecule has 24 heavy (non-hydrogen) atoms. The van der Waals surface area contributed by atoms with Gasteiger partial charge in [0.25, 0.3) is 0 Å². The van der Waals surface area contributed by atoms with E-state index >= 15 is 0 Å². The summed E-state index contributed by atoms with van der Waals surface area (Å²) in [6.07, 6.45) is 1.02. The van der Waals surface area contributed by atoms with Crippen LogP contribution in [0.15, 0.2) is 35.3 Å². The normalized spacial score (nSPS) is 11.4. The Morgan fingerprint density at radius 1 is 1.12 bits per heavy atom. The maximum atomic E-state index is 4.62. The van der Waals surface area contributed by atoms with E-state index in [1.807, 2.05) is 25.1 Å². The molecule has 5 nitrogen and oxygen atoms in total. The largest absolute Gasteiger partial charge is 0.385 e. The molecule has 0 unspecified atom stereocenters. The zero-order valence-electron chi connectivity index (χ0n) is 14.7. The zero-order chi connectivity index (χ0) is 17.2. The van der Waals surface area contributed by atoms with E-state index in [4.69, 9.17) is 0 Å². The summed E-state index contributed by atoms with van der Waals surface area (Å²) in [7, 11) is 0. The number of anilines is 1. The summed E-state index contributed by atoms with van der Waals surface area (Å²) in [6.45, 7) is 9.50. The lowest BCUT2D eigenvalue weighted by Crippen LogP contribution is -2.38. The number of aromatic nitrogens is 1. The van der Waals surface area contributed by atoms with Crippen molar-refractivity contribution in [1.29, 1.82) is 0 Å². The molecule has 0 aliphatic rings. The van der Waals surface area contributed by atoms with Gasteiger partial charge in [-0.1, -0.05) is 18.2 Å². The van der Waals surface area contributed by atoms with Crippen molar-refractivity contribution >= 4 is 23.0 Å².